The Kier molecular flexibility index (Phi) is 6.04. The molecule has 0 unspecified atom stereocenters. The Morgan fingerprint density at radius 1 is 1.22 bits per heavy atom. The molecule has 3 aromatic rings. The number of hydrogen-bond acceptors (Lipinski definition) is 7. The van der Waals surface area contributed by atoms with E-state index < -0.39 is 12.2 Å². The number of nitrogens with one attached hydrogen (secondary N) is 2. The maximum absolute atomic E-state index is 12.5. The molecule has 32 heavy (non-hydrogen) atoms. The first-order valence-corrected chi connectivity index (χ1v) is 10.4. The summed E-state index contributed by atoms with van der Waals surface area (Å²) >= 11 is 6.07. The minimum absolute atomic E-state index is 0.0248. The van der Waals surface area contributed by atoms with E-state index in [1.54, 1.807) is 32.3 Å². The van der Waals surface area contributed by atoms with Crippen LogP contribution in [0.2, 0.25) is 5.15 Å². The van der Waals surface area contributed by atoms with Gasteiger partial charge < -0.3 is 10.1 Å². The molecule has 3 heterocycles. The fourth-order valence-electron chi connectivity index (χ4n) is 3.26. The molecule has 0 bridgehead atoms. The maximum Gasteiger partial charge on any atom is 0.413 e. The largest absolute Gasteiger partial charge is 0.441 e. The molecule has 4 rings (SSSR count). The van der Waals surface area contributed by atoms with Gasteiger partial charge in [-0.15, -0.1) is 0 Å². The molecule has 10 nitrogen and oxygen atoms in total. The van der Waals surface area contributed by atoms with Crippen LogP contribution in [-0.2, 0) is 16.6 Å². The topological polar surface area (TPSA) is 124 Å². The Balaban J connectivity index is 1.44. The van der Waals surface area contributed by atoms with Crippen LogP contribution in [0.3, 0.4) is 0 Å². The van der Waals surface area contributed by atoms with Crippen molar-refractivity contribution in [2.75, 3.05) is 10.6 Å². The summed E-state index contributed by atoms with van der Waals surface area (Å²) in [5.41, 5.74) is 1.61. The van der Waals surface area contributed by atoms with Gasteiger partial charge in [0.2, 0.25) is 5.91 Å². The number of rotatable bonds is 6. The van der Waals surface area contributed by atoms with Gasteiger partial charge >= 0.3 is 6.09 Å². The zero-order valence-electron chi connectivity index (χ0n) is 17.7. The summed E-state index contributed by atoms with van der Waals surface area (Å²) in [5, 5.41) is 9.94. The van der Waals surface area contributed by atoms with E-state index in [1.165, 1.54) is 23.3 Å². The van der Waals surface area contributed by atoms with Crippen LogP contribution < -0.4 is 10.6 Å². The van der Waals surface area contributed by atoms with Gasteiger partial charge in [0.1, 0.15) is 17.1 Å². The molecule has 166 valence electrons. The monoisotopic (exact) mass is 455 g/mol. The average molecular weight is 456 g/mol. The molecular formula is C21H22ClN7O3. The summed E-state index contributed by atoms with van der Waals surface area (Å²) in [6, 6.07) is 3.45. The third kappa shape index (κ3) is 4.70. The van der Waals surface area contributed by atoms with Crippen LogP contribution in [-0.4, -0.2) is 36.7 Å². The molecule has 0 radical (unpaired) electrons. The normalized spacial score (nSPS) is 18.0. The van der Waals surface area contributed by atoms with Crippen LogP contribution in [0.4, 0.5) is 16.3 Å². The number of anilines is 2. The first-order chi connectivity index (χ1) is 15.3. The number of carbonyl (C=O) groups is 2. The fourth-order valence-corrected chi connectivity index (χ4v) is 3.53. The van der Waals surface area contributed by atoms with E-state index in [9.17, 15) is 9.59 Å². The minimum Gasteiger partial charge on any atom is -0.441 e. The fraction of sp³-hybridized carbons (Fsp3) is 0.333. The van der Waals surface area contributed by atoms with E-state index >= 15 is 0 Å². The number of aryl methyl sites for hydroxylation is 1. The molecule has 0 spiro atoms. The number of halogens is 1. The molecule has 3 atom stereocenters. The summed E-state index contributed by atoms with van der Waals surface area (Å²) in [4.78, 5) is 37.2. The minimum atomic E-state index is -0.690. The molecule has 0 saturated heterocycles. The van der Waals surface area contributed by atoms with Crippen molar-refractivity contribution >= 4 is 35.1 Å². The zero-order chi connectivity index (χ0) is 22.8. The number of amides is 2. The summed E-state index contributed by atoms with van der Waals surface area (Å²) < 4.78 is 6.91. The predicted octanol–water partition coefficient (Wildman–Crippen LogP) is 3.83. The number of ether oxygens (including phenoxy) is 1. The van der Waals surface area contributed by atoms with Crippen LogP contribution in [0.5, 0.6) is 0 Å². The Morgan fingerprint density at radius 3 is 2.59 bits per heavy atom. The summed E-state index contributed by atoms with van der Waals surface area (Å²) in [6.07, 6.45) is 5.74. The Morgan fingerprint density at radius 2 is 1.94 bits per heavy atom. The SMILES string of the molecule is C[C@@H]1C[C@H]1C(=O)Nc1cnc(-c2cnn(C)c2NC(=O)O[C@H](C)c2cccnc2Cl)nc1. The lowest BCUT2D eigenvalue weighted by molar-refractivity contribution is -0.117. The molecule has 2 amide bonds. The van der Waals surface area contributed by atoms with Gasteiger partial charge in [0, 0.05) is 24.7 Å². The van der Waals surface area contributed by atoms with Crippen LogP contribution in [0.15, 0.2) is 36.9 Å². The van der Waals surface area contributed by atoms with Crippen molar-refractivity contribution in [3.63, 3.8) is 0 Å². The molecule has 1 saturated carbocycles. The third-order valence-electron chi connectivity index (χ3n) is 5.28. The van der Waals surface area contributed by atoms with Crippen molar-refractivity contribution in [3.8, 4) is 11.4 Å². The summed E-state index contributed by atoms with van der Waals surface area (Å²) in [5.74, 6) is 1.15. The first kappa shape index (κ1) is 21.7. The molecule has 1 aliphatic carbocycles. The van der Waals surface area contributed by atoms with E-state index in [0.717, 1.165) is 6.42 Å². The van der Waals surface area contributed by atoms with Crippen molar-refractivity contribution in [1.82, 2.24) is 24.7 Å². The summed E-state index contributed by atoms with van der Waals surface area (Å²) in [6.45, 7) is 3.74. The van der Waals surface area contributed by atoms with Gasteiger partial charge in [0.05, 0.1) is 29.8 Å². The smallest absolute Gasteiger partial charge is 0.413 e. The Labute approximate surface area is 189 Å². The van der Waals surface area contributed by atoms with Gasteiger partial charge in [-0.25, -0.2) is 19.7 Å². The highest BCUT2D eigenvalue weighted by atomic mass is 35.5. The molecular weight excluding hydrogens is 434 g/mol. The zero-order valence-corrected chi connectivity index (χ0v) is 18.5. The van der Waals surface area contributed by atoms with Crippen molar-refractivity contribution in [2.24, 2.45) is 18.9 Å². The second kappa shape index (κ2) is 8.91. The van der Waals surface area contributed by atoms with E-state index in [4.69, 9.17) is 16.3 Å². The van der Waals surface area contributed by atoms with E-state index in [-0.39, 0.29) is 17.0 Å². The van der Waals surface area contributed by atoms with Crippen molar-refractivity contribution in [3.05, 3.63) is 47.6 Å². The van der Waals surface area contributed by atoms with Gasteiger partial charge in [-0.1, -0.05) is 24.6 Å². The van der Waals surface area contributed by atoms with Crippen LogP contribution in [0, 0.1) is 11.8 Å². The van der Waals surface area contributed by atoms with Gasteiger partial charge in [-0.3, -0.25) is 14.8 Å². The standard InChI is InChI=1S/C21H22ClN7O3/c1-11-7-15(11)20(30)27-13-8-24-18(25-9-13)16-10-26-29(3)19(16)28-21(31)32-12(2)14-5-4-6-23-17(14)22/h4-6,8-12,15H,7H2,1-3H3,(H,27,30)(H,28,31)/t11-,12-,15-/m1/s1. The lowest BCUT2D eigenvalue weighted by atomic mass is 10.2. The van der Waals surface area contributed by atoms with Crippen molar-refractivity contribution < 1.29 is 14.3 Å². The number of nitrogens with zero attached hydrogens (tertiary/aromatic N) is 5. The Bertz CT molecular complexity index is 1150. The van der Waals surface area contributed by atoms with E-state index in [1.807, 2.05) is 6.92 Å². The molecule has 1 fully saturated rings. The molecule has 3 aromatic heterocycles. The van der Waals surface area contributed by atoms with Crippen LogP contribution >= 0.6 is 11.6 Å². The number of pyridine rings is 1. The molecule has 0 aliphatic heterocycles. The Hall–Kier alpha value is -3.53. The highest BCUT2D eigenvalue weighted by Crippen LogP contribution is 2.38. The predicted molar refractivity (Wildman–Crippen MR) is 118 cm³/mol. The van der Waals surface area contributed by atoms with Gasteiger partial charge in [-0.05, 0) is 25.3 Å². The second-order valence-corrected chi connectivity index (χ2v) is 8.05. The number of aromatic nitrogens is 5. The lowest BCUT2D eigenvalue weighted by Gasteiger charge is -2.15. The van der Waals surface area contributed by atoms with Crippen LogP contribution in [0.25, 0.3) is 11.4 Å². The van der Waals surface area contributed by atoms with Gasteiger partial charge in [0.15, 0.2) is 5.82 Å². The number of hydrogen-bond donors (Lipinski definition) is 2. The second-order valence-electron chi connectivity index (χ2n) is 7.69. The quantitative estimate of drug-likeness (QED) is 0.541. The highest BCUT2D eigenvalue weighted by Gasteiger charge is 2.39. The van der Waals surface area contributed by atoms with E-state index in [2.05, 4.69) is 30.7 Å². The van der Waals surface area contributed by atoms with Crippen molar-refractivity contribution in [1.29, 1.82) is 0 Å². The maximum atomic E-state index is 12.5. The number of carbonyl (C=O) groups excluding carboxylic acids is 2. The van der Waals surface area contributed by atoms with Gasteiger partial charge in [-0.2, -0.15) is 5.10 Å². The molecule has 11 heteroatoms. The molecule has 0 aromatic carbocycles. The summed E-state index contributed by atoms with van der Waals surface area (Å²) in [7, 11) is 1.67. The average Bonchev–Trinajstić information content (AvgIpc) is 3.40. The molecule has 1 aliphatic rings. The first-order valence-electron chi connectivity index (χ1n) is 10.1. The molecule has 2 N–H and O–H groups in total. The van der Waals surface area contributed by atoms with Crippen LogP contribution in [0.1, 0.15) is 31.9 Å². The highest BCUT2D eigenvalue weighted by molar-refractivity contribution is 6.30. The van der Waals surface area contributed by atoms with Crippen molar-refractivity contribution in [2.45, 2.75) is 26.4 Å². The van der Waals surface area contributed by atoms with E-state index in [0.29, 0.717) is 34.4 Å². The van der Waals surface area contributed by atoms with Gasteiger partial charge in [0.25, 0.3) is 0 Å². The third-order valence-corrected chi connectivity index (χ3v) is 5.59. The lowest BCUT2D eigenvalue weighted by Crippen LogP contribution is -2.19.